The van der Waals surface area contributed by atoms with Crippen molar-refractivity contribution in [2.45, 2.75) is 77.5 Å². The van der Waals surface area contributed by atoms with Gasteiger partial charge in [-0.05, 0) is 61.8 Å². The van der Waals surface area contributed by atoms with Crippen LogP contribution in [0.25, 0.3) is 21.8 Å². The van der Waals surface area contributed by atoms with Gasteiger partial charge in [0.15, 0.2) is 0 Å². The second-order valence-corrected chi connectivity index (χ2v) is 14.1. The standard InChI is InChI=1S/C37H49N7O8/c1-20(2)30(40-36(49)51-6)34(47)43-16-8-10-26(43)32(45)38-22-12-14-24-25-15-13-23(19-29(25)42(5)28(24)18-22)39-33(46)27-11-9-17-44(27)35(48)31(21(3)4)41-37(50)52-7/h12-15,18-21,26-27,30-31H,8-11,16-17H2,1-7H3,(H,38,45)(H,39,46)(H,40,49)(H,41,50)/t26-,27-,30+,31+/m0/s1. The summed E-state index contributed by atoms with van der Waals surface area (Å²) in [7, 11) is 4.37. The van der Waals surface area contributed by atoms with E-state index < -0.39 is 36.4 Å². The molecule has 5 rings (SSSR count). The lowest BCUT2D eigenvalue weighted by molar-refractivity contribution is -0.139. The number of amides is 6. The van der Waals surface area contributed by atoms with E-state index in [4.69, 9.17) is 9.47 Å². The molecule has 3 aromatic rings. The zero-order chi connectivity index (χ0) is 37.9. The molecule has 3 heterocycles. The Balaban J connectivity index is 1.30. The Morgan fingerprint density at radius 2 is 1.04 bits per heavy atom. The van der Waals surface area contributed by atoms with Crippen molar-refractivity contribution < 1.29 is 38.2 Å². The lowest BCUT2D eigenvalue weighted by atomic mass is 10.0. The maximum Gasteiger partial charge on any atom is 0.407 e. The van der Waals surface area contributed by atoms with Crippen LogP contribution in [-0.4, -0.2) is 102 Å². The molecule has 0 saturated carbocycles. The van der Waals surface area contributed by atoms with Gasteiger partial charge in [-0.15, -0.1) is 0 Å². The van der Waals surface area contributed by atoms with Crippen LogP contribution < -0.4 is 21.3 Å². The van der Waals surface area contributed by atoms with Crippen molar-refractivity contribution in [2.75, 3.05) is 37.9 Å². The predicted molar refractivity (Wildman–Crippen MR) is 195 cm³/mol. The molecule has 6 amide bonds. The summed E-state index contributed by atoms with van der Waals surface area (Å²) in [6.07, 6.45) is 0.913. The van der Waals surface area contributed by atoms with Gasteiger partial charge in [0.05, 0.1) is 25.3 Å². The van der Waals surface area contributed by atoms with Gasteiger partial charge in [0, 0.05) is 42.3 Å². The molecule has 4 atom stereocenters. The minimum atomic E-state index is -0.824. The van der Waals surface area contributed by atoms with E-state index in [0.717, 1.165) is 21.8 Å². The summed E-state index contributed by atoms with van der Waals surface area (Å²) in [6, 6.07) is 8.21. The molecule has 0 spiro atoms. The Labute approximate surface area is 302 Å². The lowest BCUT2D eigenvalue weighted by Gasteiger charge is -2.30. The third-order valence-electron chi connectivity index (χ3n) is 10.0. The molecule has 2 fully saturated rings. The second-order valence-electron chi connectivity index (χ2n) is 14.1. The maximum atomic E-state index is 13.5. The average molecular weight is 720 g/mol. The second kappa shape index (κ2) is 15.9. The third-order valence-corrected chi connectivity index (χ3v) is 10.0. The van der Waals surface area contributed by atoms with Crippen LogP contribution in [0.2, 0.25) is 0 Å². The number of alkyl carbamates (subject to hydrolysis) is 2. The first-order chi connectivity index (χ1) is 24.7. The van der Waals surface area contributed by atoms with Gasteiger partial charge in [-0.2, -0.15) is 0 Å². The first kappa shape index (κ1) is 37.9. The first-order valence-electron chi connectivity index (χ1n) is 17.7. The van der Waals surface area contributed by atoms with Crippen LogP contribution in [0.15, 0.2) is 36.4 Å². The van der Waals surface area contributed by atoms with Crippen molar-refractivity contribution >= 4 is 69.0 Å². The van der Waals surface area contributed by atoms with E-state index in [1.54, 1.807) is 0 Å². The van der Waals surface area contributed by atoms with E-state index in [1.165, 1.54) is 24.0 Å². The number of carbonyl (C=O) groups is 6. The summed E-state index contributed by atoms with van der Waals surface area (Å²) in [6.45, 7) is 8.10. The third kappa shape index (κ3) is 7.77. The number of nitrogens with zero attached hydrogens (tertiary/aromatic N) is 3. The number of aryl methyl sites for hydroxylation is 1. The van der Waals surface area contributed by atoms with Crippen LogP contribution in [0.1, 0.15) is 53.4 Å². The molecule has 0 radical (unpaired) electrons. The number of fused-ring (bicyclic) bond motifs is 3. The number of hydrogen-bond acceptors (Lipinski definition) is 8. The molecular formula is C37H49N7O8. The number of ether oxygens (including phenoxy) is 2. The van der Waals surface area contributed by atoms with Crippen molar-refractivity contribution in [3.63, 3.8) is 0 Å². The minimum Gasteiger partial charge on any atom is -0.453 e. The number of benzene rings is 2. The van der Waals surface area contributed by atoms with Gasteiger partial charge in [-0.3, -0.25) is 19.2 Å². The van der Waals surface area contributed by atoms with Gasteiger partial charge >= 0.3 is 12.2 Å². The molecule has 52 heavy (non-hydrogen) atoms. The fourth-order valence-corrected chi connectivity index (χ4v) is 7.17. The molecule has 15 nitrogen and oxygen atoms in total. The van der Waals surface area contributed by atoms with Crippen LogP contribution in [0.5, 0.6) is 0 Å². The fraction of sp³-hybridized carbons (Fsp3) is 0.514. The zero-order valence-electron chi connectivity index (χ0n) is 30.8. The van der Waals surface area contributed by atoms with Crippen molar-refractivity contribution in [3.05, 3.63) is 36.4 Å². The molecule has 0 bridgehead atoms. The zero-order valence-corrected chi connectivity index (χ0v) is 30.8. The molecule has 4 N–H and O–H groups in total. The quantitative estimate of drug-likeness (QED) is 0.243. The Morgan fingerprint density at radius 1 is 0.654 bits per heavy atom. The summed E-state index contributed by atoms with van der Waals surface area (Å²) in [5.41, 5.74) is 2.83. The van der Waals surface area contributed by atoms with E-state index in [2.05, 4.69) is 21.3 Å². The first-order valence-corrected chi connectivity index (χ1v) is 17.7. The van der Waals surface area contributed by atoms with Crippen LogP contribution >= 0.6 is 0 Å². The normalized spacial score (nSPS) is 18.4. The molecule has 15 heteroatoms. The van der Waals surface area contributed by atoms with Crippen molar-refractivity contribution in [3.8, 4) is 0 Å². The molecule has 2 aliphatic heterocycles. The van der Waals surface area contributed by atoms with E-state index in [9.17, 15) is 28.8 Å². The van der Waals surface area contributed by atoms with Crippen molar-refractivity contribution in [1.82, 2.24) is 25.0 Å². The number of hydrogen-bond donors (Lipinski definition) is 4. The summed E-state index contributed by atoms with van der Waals surface area (Å²) >= 11 is 0. The number of carbonyl (C=O) groups excluding carboxylic acids is 6. The minimum absolute atomic E-state index is 0.209. The summed E-state index contributed by atoms with van der Waals surface area (Å²) < 4.78 is 11.4. The highest BCUT2D eigenvalue weighted by Crippen LogP contribution is 2.33. The number of anilines is 2. The van der Waals surface area contributed by atoms with E-state index in [0.29, 0.717) is 50.1 Å². The number of methoxy groups -OCH3 is 2. The summed E-state index contributed by atoms with van der Waals surface area (Å²) in [5.74, 6) is -1.69. The van der Waals surface area contributed by atoms with Gasteiger partial charge in [0.2, 0.25) is 23.6 Å². The van der Waals surface area contributed by atoms with Gasteiger partial charge in [-0.1, -0.05) is 39.8 Å². The molecular weight excluding hydrogens is 670 g/mol. The monoisotopic (exact) mass is 719 g/mol. The van der Waals surface area contributed by atoms with Crippen LogP contribution in [0.3, 0.4) is 0 Å². The van der Waals surface area contributed by atoms with Crippen molar-refractivity contribution in [2.24, 2.45) is 18.9 Å². The molecule has 0 aliphatic carbocycles. The number of rotatable bonds is 10. The Bertz CT molecular complexity index is 1740. The molecule has 280 valence electrons. The molecule has 2 aromatic carbocycles. The predicted octanol–water partition coefficient (Wildman–Crippen LogP) is 3.95. The highest BCUT2D eigenvalue weighted by molar-refractivity contribution is 6.11. The Morgan fingerprint density at radius 3 is 1.38 bits per heavy atom. The lowest BCUT2D eigenvalue weighted by Crippen LogP contribution is -2.54. The highest BCUT2D eigenvalue weighted by atomic mass is 16.5. The molecule has 0 unspecified atom stereocenters. The maximum absolute atomic E-state index is 13.5. The SMILES string of the molecule is COC(=O)N[C@@H](C(=O)N1CCC[C@H]1C(=O)Nc1ccc2c3ccc(NC(=O)[C@@H]4CCCN4C(=O)[C@H](NC(=O)OC)C(C)C)cc3n(C)c2c1)C(C)C. The molecule has 2 aliphatic rings. The Kier molecular flexibility index (Phi) is 11.6. The van der Waals surface area contributed by atoms with Crippen molar-refractivity contribution in [1.29, 1.82) is 0 Å². The number of likely N-dealkylation sites (tertiary alicyclic amines) is 2. The smallest absolute Gasteiger partial charge is 0.407 e. The van der Waals surface area contributed by atoms with Gasteiger partial charge in [0.25, 0.3) is 0 Å². The highest BCUT2D eigenvalue weighted by Gasteiger charge is 2.40. The summed E-state index contributed by atoms with van der Waals surface area (Å²) in [4.78, 5) is 80.8. The van der Waals surface area contributed by atoms with E-state index >= 15 is 0 Å². The molecule has 2 saturated heterocycles. The topological polar surface area (TPSA) is 180 Å². The Hall–Kier alpha value is -5.34. The average Bonchev–Trinajstić information content (AvgIpc) is 3.87. The largest absolute Gasteiger partial charge is 0.453 e. The van der Waals surface area contributed by atoms with Gasteiger partial charge in [-0.25, -0.2) is 9.59 Å². The van der Waals surface area contributed by atoms with Crippen LogP contribution in [-0.2, 0) is 35.7 Å². The summed E-state index contributed by atoms with van der Waals surface area (Å²) in [5, 5.41) is 13.1. The van der Waals surface area contributed by atoms with Gasteiger partial charge < -0.3 is 45.1 Å². The van der Waals surface area contributed by atoms with Gasteiger partial charge in [0.1, 0.15) is 24.2 Å². The van der Waals surface area contributed by atoms with Crippen LogP contribution in [0, 0.1) is 11.8 Å². The van der Waals surface area contributed by atoms with Crippen LogP contribution in [0.4, 0.5) is 21.0 Å². The number of nitrogens with one attached hydrogen (secondary N) is 4. The van der Waals surface area contributed by atoms with E-state index in [-0.39, 0.29) is 35.5 Å². The van der Waals surface area contributed by atoms with E-state index in [1.807, 2.05) is 75.7 Å². The fourth-order valence-electron chi connectivity index (χ4n) is 7.17. The molecule has 1 aromatic heterocycles. The number of aromatic nitrogens is 1.